The molecule has 21 heavy (non-hydrogen) atoms. The molecule has 0 spiro atoms. The number of primary amides is 1. The first-order valence-corrected chi connectivity index (χ1v) is 5.69. The van der Waals surface area contributed by atoms with Crippen LogP contribution in [0.4, 0.5) is 14.7 Å². The molecule has 2 amide bonds. The number of aromatic nitrogens is 1. The van der Waals surface area contributed by atoms with Crippen molar-refractivity contribution < 1.29 is 22.8 Å². The molecule has 0 saturated heterocycles. The fourth-order valence-electron chi connectivity index (χ4n) is 1.48. The Balaban J connectivity index is 2.35. The summed E-state index contributed by atoms with van der Waals surface area (Å²) in [6.07, 6.45) is 0. The van der Waals surface area contributed by atoms with Gasteiger partial charge < -0.3 is 10.2 Å². The summed E-state index contributed by atoms with van der Waals surface area (Å²) in [5, 5.41) is 0. The molecule has 1 heterocycles. The summed E-state index contributed by atoms with van der Waals surface area (Å²) < 4.78 is 30.8. The number of nitrogens with zero attached hydrogens (tertiary/aromatic N) is 1. The quantitative estimate of drug-likeness (QED) is 0.713. The fraction of sp³-hybridized carbons (Fsp3) is 0.0833. The van der Waals surface area contributed by atoms with E-state index in [0.29, 0.717) is 0 Å². The van der Waals surface area contributed by atoms with Crippen LogP contribution in [0.25, 0.3) is 11.5 Å². The zero-order valence-corrected chi connectivity index (χ0v) is 10.5. The number of alkyl halides is 1. The molecule has 110 valence electrons. The number of hydrogen-bond donors (Lipinski definition) is 3. The van der Waals surface area contributed by atoms with Crippen LogP contribution in [0.2, 0.25) is 0 Å². The van der Waals surface area contributed by atoms with Crippen LogP contribution < -0.4 is 16.6 Å². The van der Waals surface area contributed by atoms with E-state index in [1.807, 2.05) is 5.43 Å². The molecule has 1 aromatic carbocycles. The van der Waals surface area contributed by atoms with Crippen LogP contribution in [0.5, 0.6) is 0 Å². The van der Waals surface area contributed by atoms with Gasteiger partial charge in [-0.25, -0.2) is 13.8 Å². The summed E-state index contributed by atoms with van der Waals surface area (Å²) in [7, 11) is 0. The van der Waals surface area contributed by atoms with Crippen molar-refractivity contribution >= 4 is 17.7 Å². The molecule has 0 aliphatic carbocycles. The second-order valence-electron chi connectivity index (χ2n) is 3.85. The Morgan fingerprint density at radius 3 is 2.67 bits per heavy atom. The van der Waals surface area contributed by atoms with Gasteiger partial charge in [-0.15, -0.1) is 0 Å². The minimum atomic E-state index is -1.27. The van der Waals surface area contributed by atoms with Crippen molar-refractivity contribution in [1.29, 1.82) is 0 Å². The number of carbonyl (C=O) groups is 2. The van der Waals surface area contributed by atoms with E-state index in [2.05, 4.69) is 10.4 Å². The minimum Gasteiger partial charge on any atom is -0.418 e. The minimum absolute atomic E-state index is 0.00451. The molecule has 9 heteroatoms. The second kappa shape index (κ2) is 5.99. The normalized spacial score (nSPS) is 10.2. The highest BCUT2D eigenvalue weighted by atomic mass is 19.1. The largest absolute Gasteiger partial charge is 0.418 e. The lowest BCUT2D eigenvalue weighted by Crippen LogP contribution is -2.31. The monoisotopic (exact) mass is 296 g/mol. The van der Waals surface area contributed by atoms with Crippen LogP contribution in [-0.2, 0) is 4.79 Å². The average molecular weight is 296 g/mol. The molecule has 2 rings (SSSR count). The van der Waals surface area contributed by atoms with Gasteiger partial charge in [0.05, 0.1) is 5.56 Å². The molecule has 2 aromatic rings. The first kappa shape index (κ1) is 14.4. The van der Waals surface area contributed by atoms with E-state index in [1.54, 1.807) is 6.07 Å². The number of carbonyl (C=O) groups excluding carboxylic acids is 2. The molecule has 0 aliphatic rings. The summed E-state index contributed by atoms with van der Waals surface area (Å²) in [4.78, 5) is 25.8. The number of amides is 2. The van der Waals surface area contributed by atoms with Crippen molar-refractivity contribution in [2.75, 3.05) is 12.1 Å². The van der Waals surface area contributed by atoms with E-state index in [9.17, 15) is 18.4 Å². The Morgan fingerprint density at radius 1 is 1.33 bits per heavy atom. The maximum Gasteiger partial charge on any atom is 0.273 e. The molecular formula is C12H10F2N4O3. The van der Waals surface area contributed by atoms with Gasteiger partial charge in [0.15, 0.2) is 12.4 Å². The summed E-state index contributed by atoms with van der Waals surface area (Å²) in [6, 6.07) is 5.58. The van der Waals surface area contributed by atoms with E-state index in [1.165, 1.54) is 18.2 Å². The first-order chi connectivity index (χ1) is 10.0. The third-order valence-corrected chi connectivity index (χ3v) is 2.40. The lowest BCUT2D eigenvalue weighted by molar-refractivity contribution is -0.121. The van der Waals surface area contributed by atoms with E-state index >= 15 is 0 Å². The van der Waals surface area contributed by atoms with Crippen molar-refractivity contribution in [1.82, 2.24) is 10.4 Å². The van der Waals surface area contributed by atoms with E-state index < -0.39 is 24.3 Å². The average Bonchev–Trinajstić information content (AvgIpc) is 2.89. The van der Waals surface area contributed by atoms with Gasteiger partial charge in [0.25, 0.3) is 11.8 Å². The zero-order chi connectivity index (χ0) is 15.4. The van der Waals surface area contributed by atoms with Crippen LogP contribution in [-0.4, -0.2) is 23.5 Å². The van der Waals surface area contributed by atoms with Crippen LogP contribution in [0.3, 0.4) is 0 Å². The number of oxazole rings is 1. The highest BCUT2D eigenvalue weighted by Crippen LogP contribution is 2.26. The van der Waals surface area contributed by atoms with Crippen LogP contribution in [0, 0.1) is 5.82 Å². The summed E-state index contributed by atoms with van der Waals surface area (Å²) >= 11 is 0. The van der Waals surface area contributed by atoms with E-state index in [4.69, 9.17) is 10.2 Å². The molecule has 4 N–H and O–H groups in total. The molecule has 0 fully saturated rings. The number of hydrogen-bond acceptors (Lipinski definition) is 5. The molecule has 0 aliphatic heterocycles. The molecule has 0 bridgehead atoms. The molecule has 0 radical (unpaired) electrons. The third kappa shape index (κ3) is 3.14. The van der Waals surface area contributed by atoms with Crippen molar-refractivity contribution in [3.05, 3.63) is 35.8 Å². The van der Waals surface area contributed by atoms with Crippen molar-refractivity contribution in [3.63, 3.8) is 0 Å². The van der Waals surface area contributed by atoms with Gasteiger partial charge >= 0.3 is 0 Å². The van der Waals surface area contributed by atoms with Gasteiger partial charge in [0.1, 0.15) is 5.82 Å². The van der Waals surface area contributed by atoms with Gasteiger partial charge in [-0.1, -0.05) is 12.1 Å². The molecular weight excluding hydrogens is 286 g/mol. The van der Waals surface area contributed by atoms with Crippen LogP contribution >= 0.6 is 0 Å². The standard InChI is InChI=1S/C12H10F2N4O3/c13-5-8(19)17-18-12-9(10(15)20)16-11(21-12)6-3-1-2-4-7(6)14/h1-4,18H,5H2,(H2,15,20)(H,17,19). The predicted octanol–water partition coefficient (Wildman–Crippen LogP) is 0.992. The Bertz CT molecular complexity index is 687. The van der Waals surface area contributed by atoms with Gasteiger partial charge in [-0.3, -0.25) is 20.4 Å². The number of nitrogens with two attached hydrogens (primary N) is 1. The smallest absolute Gasteiger partial charge is 0.273 e. The Morgan fingerprint density at radius 2 is 2.05 bits per heavy atom. The third-order valence-electron chi connectivity index (χ3n) is 2.40. The number of nitrogens with one attached hydrogen (secondary N) is 2. The van der Waals surface area contributed by atoms with E-state index in [0.717, 1.165) is 0 Å². The van der Waals surface area contributed by atoms with Crippen LogP contribution in [0.15, 0.2) is 28.7 Å². The highest BCUT2D eigenvalue weighted by molar-refractivity contribution is 5.96. The summed E-state index contributed by atoms with van der Waals surface area (Å²) in [6.45, 7) is -1.27. The zero-order valence-electron chi connectivity index (χ0n) is 10.5. The highest BCUT2D eigenvalue weighted by Gasteiger charge is 2.21. The Hall–Kier alpha value is -2.97. The molecule has 0 atom stereocenters. The number of halogens is 2. The Labute approximate surface area is 117 Å². The van der Waals surface area contributed by atoms with Crippen molar-refractivity contribution in [3.8, 4) is 11.5 Å². The van der Waals surface area contributed by atoms with Gasteiger partial charge in [-0.05, 0) is 12.1 Å². The molecule has 7 nitrogen and oxygen atoms in total. The number of benzene rings is 1. The van der Waals surface area contributed by atoms with Crippen molar-refractivity contribution in [2.45, 2.75) is 0 Å². The SMILES string of the molecule is NC(=O)c1nc(-c2ccccc2F)oc1NNC(=O)CF. The van der Waals surface area contributed by atoms with Crippen molar-refractivity contribution in [2.24, 2.45) is 5.73 Å². The molecule has 1 aromatic heterocycles. The molecule has 0 unspecified atom stereocenters. The lowest BCUT2D eigenvalue weighted by Gasteiger charge is -2.03. The van der Waals surface area contributed by atoms with E-state index in [-0.39, 0.29) is 23.0 Å². The predicted molar refractivity (Wildman–Crippen MR) is 68.2 cm³/mol. The first-order valence-electron chi connectivity index (χ1n) is 5.69. The van der Waals surface area contributed by atoms with Gasteiger partial charge in [0, 0.05) is 0 Å². The summed E-state index contributed by atoms with van der Waals surface area (Å²) in [5.41, 5.74) is 8.84. The number of hydrazine groups is 1. The summed E-state index contributed by atoms with van der Waals surface area (Å²) in [5.74, 6) is -3.09. The van der Waals surface area contributed by atoms with Crippen LogP contribution in [0.1, 0.15) is 10.5 Å². The fourth-order valence-corrected chi connectivity index (χ4v) is 1.48. The Kier molecular flexibility index (Phi) is 4.12. The number of rotatable bonds is 5. The maximum absolute atomic E-state index is 13.6. The number of anilines is 1. The van der Waals surface area contributed by atoms with Gasteiger partial charge in [-0.2, -0.15) is 0 Å². The second-order valence-corrected chi connectivity index (χ2v) is 3.85. The lowest BCUT2D eigenvalue weighted by atomic mass is 10.2. The van der Waals surface area contributed by atoms with Gasteiger partial charge in [0.2, 0.25) is 11.8 Å². The molecule has 0 saturated carbocycles. The maximum atomic E-state index is 13.6. The topological polar surface area (TPSA) is 110 Å².